The van der Waals surface area contributed by atoms with Gasteiger partial charge in [-0.25, -0.2) is 0 Å². The zero-order chi connectivity index (χ0) is 13.7. The van der Waals surface area contributed by atoms with Crippen LogP contribution >= 0.6 is 0 Å². The predicted molar refractivity (Wildman–Crippen MR) is 77.1 cm³/mol. The number of aryl methyl sites for hydroxylation is 1. The first-order valence-corrected chi connectivity index (χ1v) is 7.12. The molecule has 3 rings (SSSR count). The van der Waals surface area contributed by atoms with Crippen molar-refractivity contribution in [2.24, 2.45) is 5.41 Å². The van der Waals surface area contributed by atoms with E-state index in [4.69, 9.17) is 4.42 Å². The number of fused-ring (bicyclic) bond motifs is 1. The molecule has 2 aromatic rings. The Morgan fingerprint density at radius 2 is 2.00 bits per heavy atom. The van der Waals surface area contributed by atoms with E-state index in [1.54, 1.807) is 0 Å². The largest absolute Gasteiger partial charge is 0.458 e. The van der Waals surface area contributed by atoms with Crippen molar-refractivity contribution >= 4 is 11.0 Å². The second kappa shape index (κ2) is 4.11. The average molecular weight is 258 g/mol. The molecule has 0 spiro atoms. The van der Waals surface area contributed by atoms with E-state index in [0.717, 1.165) is 41.6 Å². The van der Waals surface area contributed by atoms with Gasteiger partial charge in [0.2, 0.25) is 0 Å². The Morgan fingerprint density at radius 3 is 2.68 bits per heavy atom. The van der Waals surface area contributed by atoms with Crippen LogP contribution in [0.25, 0.3) is 11.0 Å². The molecule has 1 aliphatic rings. The third kappa shape index (κ3) is 2.18. The van der Waals surface area contributed by atoms with E-state index in [1.165, 1.54) is 6.42 Å². The topological polar surface area (TPSA) is 33.4 Å². The molecule has 0 saturated heterocycles. The molecule has 1 atom stereocenters. The van der Waals surface area contributed by atoms with Crippen LogP contribution < -0.4 is 0 Å². The van der Waals surface area contributed by atoms with Crippen LogP contribution in [0.2, 0.25) is 0 Å². The number of furan rings is 1. The van der Waals surface area contributed by atoms with Crippen molar-refractivity contribution in [3.63, 3.8) is 0 Å². The molecule has 1 saturated carbocycles. The third-order valence-electron chi connectivity index (χ3n) is 4.41. The van der Waals surface area contributed by atoms with Gasteiger partial charge in [0.15, 0.2) is 0 Å². The van der Waals surface area contributed by atoms with Crippen molar-refractivity contribution in [3.05, 3.63) is 35.6 Å². The molecule has 2 heteroatoms. The van der Waals surface area contributed by atoms with E-state index >= 15 is 0 Å². The van der Waals surface area contributed by atoms with Crippen LogP contribution in [0, 0.1) is 12.3 Å². The van der Waals surface area contributed by atoms with E-state index < -0.39 is 5.60 Å². The van der Waals surface area contributed by atoms with Crippen LogP contribution in [0.15, 0.2) is 28.7 Å². The summed E-state index contributed by atoms with van der Waals surface area (Å²) in [5, 5.41) is 12.1. The van der Waals surface area contributed by atoms with E-state index in [-0.39, 0.29) is 5.41 Å². The highest BCUT2D eigenvalue weighted by Gasteiger charge is 2.42. The lowest BCUT2D eigenvalue weighted by Gasteiger charge is -2.40. The van der Waals surface area contributed by atoms with Gasteiger partial charge in [0.1, 0.15) is 16.9 Å². The Hall–Kier alpha value is -1.28. The van der Waals surface area contributed by atoms with Crippen molar-refractivity contribution in [3.8, 4) is 0 Å². The van der Waals surface area contributed by atoms with Gasteiger partial charge in [0.25, 0.3) is 0 Å². The summed E-state index contributed by atoms with van der Waals surface area (Å²) in [4.78, 5) is 0. The second-order valence-corrected chi connectivity index (χ2v) is 6.83. The molecule has 1 heterocycles. The van der Waals surface area contributed by atoms with Crippen LogP contribution in [0.1, 0.15) is 50.9 Å². The Kier molecular flexibility index (Phi) is 2.75. The summed E-state index contributed by atoms with van der Waals surface area (Å²) in [5.74, 6) is 0.740. The summed E-state index contributed by atoms with van der Waals surface area (Å²) in [6.07, 6.45) is 3.81. The molecule has 2 nitrogen and oxygen atoms in total. The molecule has 1 aromatic heterocycles. The molecule has 1 aliphatic carbocycles. The van der Waals surface area contributed by atoms with E-state index in [9.17, 15) is 5.11 Å². The average Bonchev–Trinajstić information content (AvgIpc) is 2.73. The highest BCUT2D eigenvalue weighted by Crippen LogP contribution is 2.47. The number of para-hydroxylation sites is 1. The van der Waals surface area contributed by atoms with Crippen molar-refractivity contribution in [2.75, 3.05) is 0 Å². The minimum atomic E-state index is -0.798. The first-order valence-electron chi connectivity index (χ1n) is 7.12. The molecule has 102 valence electrons. The van der Waals surface area contributed by atoms with Gasteiger partial charge in [-0.15, -0.1) is 0 Å². The quantitative estimate of drug-likeness (QED) is 0.815. The molecule has 1 N–H and O–H groups in total. The minimum absolute atomic E-state index is 0.182. The fourth-order valence-corrected chi connectivity index (χ4v) is 3.48. The predicted octanol–water partition coefficient (Wildman–Crippen LogP) is 4.53. The monoisotopic (exact) mass is 258 g/mol. The number of aliphatic hydroxyl groups is 1. The molecule has 19 heavy (non-hydrogen) atoms. The van der Waals surface area contributed by atoms with Crippen LogP contribution in [-0.4, -0.2) is 5.11 Å². The Labute approximate surface area is 114 Å². The summed E-state index contributed by atoms with van der Waals surface area (Å²) < 4.78 is 5.98. The van der Waals surface area contributed by atoms with Crippen molar-refractivity contribution in [2.45, 2.75) is 52.1 Å². The molecule has 1 unspecified atom stereocenters. The standard InChI is InChI=1S/C17H22O2/c1-12-6-4-7-13-10-14(19-15(12)13)17(18)9-5-8-16(2,3)11-17/h4,6-7,10,18H,5,8-9,11H2,1-3H3. The van der Waals surface area contributed by atoms with Crippen LogP contribution in [-0.2, 0) is 5.60 Å². The van der Waals surface area contributed by atoms with E-state index in [0.29, 0.717) is 0 Å². The van der Waals surface area contributed by atoms with Crippen LogP contribution in [0.3, 0.4) is 0 Å². The number of hydrogen-bond acceptors (Lipinski definition) is 2. The molecule has 1 fully saturated rings. The summed E-state index contributed by atoms with van der Waals surface area (Å²) in [7, 11) is 0. The molecule has 0 amide bonds. The van der Waals surface area contributed by atoms with Gasteiger partial charge in [0.05, 0.1) is 0 Å². The van der Waals surface area contributed by atoms with E-state index in [2.05, 4.69) is 13.8 Å². The SMILES string of the molecule is Cc1cccc2cc(C3(O)CCCC(C)(C)C3)oc12. The number of rotatable bonds is 1. The Balaban J connectivity index is 2.06. The summed E-state index contributed by atoms with van der Waals surface area (Å²) >= 11 is 0. The fourth-order valence-electron chi connectivity index (χ4n) is 3.48. The maximum absolute atomic E-state index is 11.0. The number of hydrogen-bond donors (Lipinski definition) is 1. The lowest BCUT2D eigenvalue weighted by Crippen LogP contribution is -2.36. The summed E-state index contributed by atoms with van der Waals surface area (Å²) in [6, 6.07) is 8.15. The third-order valence-corrected chi connectivity index (χ3v) is 4.41. The van der Waals surface area contributed by atoms with Gasteiger partial charge in [-0.05, 0) is 49.7 Å². The van der Waals surface area contributed by atoms with Crippen molar-refractivity contribution in [1.29, 1.82) is 0 Å². The fraction of sp³-hybridized carbons (Fsp3) is 0.529. The van der Waals surface area contributed by atoms with Crippen molar-refractivity contribution < 1.29 is 9.52 Å². The Bertz CT molecular complexity index is 609. The van der Waals surface area contributed by atoms with Gasteiger partial charge in [0, 0.05) is 5.39 Å². The first-order chi connectivity index (χ1) is 8.90. The summed E-state index contributed by atoms with van der Waals surface area (Å²) in [6.45, 7) is 6.50. The Morgan fingerprint density at radius 1 is 1.21 bits per heavy atom. The molecular formula is C17H22O2. The first kappa shape index (κ1) is 12.7. The van der Waals surface area contributed by atoms with Gasteiger partial charge in [-0.3, -0.25) is 0 Å². The van der Waals surface area contributed by atoms with Gasteiger partial charge < -0.3 is 9.52 Å². The highest BCUT2D eigenvalue weighted by molar-refractivity contribution is 5.81. The molecular weight excluding hydrogens is 236 g/mol. The second-order valence-electron chi connectivity index (χ2n) is 6.83. The zero-order valence-corrected chi connectivity index (χ0v) is 12.0. The normalized spacial score (nSPS) is 26.7. The summed E-state index contributed by atoms with van der Waals surface area (Å²) in [5.41, 5.74) is 1.42. The zero-order valence-electron chi connectivity index (χ0n) is 12.0. The maximum Gasteiger partial charge on any atom is 0.137 e. The lowest BCUT2D eigenvalue weighted by atomic mass is 9.69. The number of benzene rings is 1. The van der Waals surface area contributed by atoms with Gasteiger partial charge in [-0.2, -0.15) is 0 Å². The van der Waals surface area contributed by atoms with E-state index in [1.807, 2.05) is 31.2 Å². The van der Waals surface area contributed by atoms with Crippen LogP contribution in [0.4, 0.5) is 0 Å². The molecule has 0 aliphatic heterocycles. The smallest absolute Gasteiger partial charge is 0.137 e. The maximum atomic E-state index is 11.0. The van der Waals surface area contributed by atoms with Crippen LogP contribution in [0.5, 0.6) is 0 Å². The molecule has 0 radical (unpaired) electrons. The minimum Gasteiger partial charge on any atom is -0.458 e. The van der Waals surface area contributed by atoms with Gasteiger partial charge >= 0.3 is 0 Å². The molecule has 1 aromatic carbocycles. The lowest BCUT2D eigenvalue weighted by molar-refractivity contribution is -0.0585. The molecule has 0 bridgehead atoms. The highest BCUT2D eigenvalue weighted by atomic mass is 16.4. The van der Waals surface area contributed by atoms with Gasteiger partial charge in [-0.1, -0.05) is 32.0 Å². The van der Waals surface area contributed by atoms with Crippen molar-refractivity contribution in [1.82, 2.24) is 0 Å².